The van der Waals surface area contributed by atoms with E-state index in [1.807, 2.05) is 38.1 Å². The van der Waals surface area contributed by atoms with E-state index >= 15 is 0 Å². The number of nitrogens with one attached hydrogen (secondary N) is 2. The summed E-state index contributed by atoms with van der Waals surface area (Å²) in [7, 11) is 1.33. The van der Waals surface area contributed by atoms with Crippen molar-refractivity contribution < 1.29 is 33.2 Å². The number of ether oxygens (including phenoxy) is 3. The molecule has 0 fully saturated rings. The zero-order chi connectivity index (χ0) is 25.6. The van der Waals surface area contributed by atoms with E-state index in [2.05, 4.69) is 10.6 Å². The monoisotopic (exact) mass is 489 g/mol. The second-order valence-corrected chi connectivity index (χ2v) is 8.68. The van der Waals surface area contributed by atoms with Gasteiger partial charge in [0.1, 0.15) is 18.4 Å². The summed E-state index contributed by atoms with van der Waals surface area (Å²) in [5.74, 6) is -1.24. The Morgan fingerprint density at radius 2 is 1.86 bits per heavy atom. The van der Waals surface area contributed by atoms with E-state index < -0.39 is 29.8 Å². The van der Waals surface area contributed by atoms with Crippen LogP contribution in [0.15, 0.2) is 36.4 Å². The van der Waals surface area contributed by atoms with Crippen molar-refractivity contribution in [1.82, 2.24) is 10.6 Å². The van der Waals surface area contributed by atoms with Gasteiger partial charge in [0, 0.05) is 5.82 Å². The number of nitrogens with two attached hydrogens (primary N) is 1. The Morgan fingerprint density at radius 1 is 1.14 bits per heavy atom. The normalized spacial score (nSPS) is 22.3. The van der Waals surface area contributed by atoms with Crippen molar-refractivity contribution in [2.45, 2.75) is 44.6 Å². The van der Waals surface area contributed by atoms with E-state index in [1.165, 1.54) is 7.11 Å². The van der Waals surface area contributed by atoms with Crippen LogP contribution in [0.2, 0.25) is 5.82 Å². The van der Waals surface area contributed by atoms with E-state index in [1.54, 1.807) is 12.2 Å². The van der Waals surface area contributed by atoms with Crippen LogP contribution in [0.4, 0.5) is 0 Å². The van der Waals surface area contributed by atoms with Gasteiger partial charge in [-0.15, -0.1) is 0 Å². The maximum absolute atomic E-state index is 13.2. The van der Waals surface area contributed by atoms with Crippen molar-refractivity contribution in [3.05, 3.63) is 42.0 Å². The highest BCUT2D eigenvalue weighted by Crippen LogP contribution is 2.19. The third-order valence-corrected chi connectivity index (χ3v) is 5.37. The number of fused-ring (bicyclic) bond motifs is 15. The molecule has 2 heterocycles. The predicted molar refractivity (Wildman–Crippen MR) is 132 cm³/mol. The second-order valence-electron chi connectivity index (χ2n) is 8.68. The molecule has 3 atom stereocenters. The zero-order valence-electron chi connectivity index (χ0n) is 20.7. The molecule has 0 saturated carbocycles. The minimum Gasteiger partial charge on any atom is -0.490 e. The summed E-state index contributed by atoms with van der Waals surface area (Å²) in [5.41, 5.74) is 6.40. The minimum atomic E-state index is -1.02. The molecule has 2 aliphatic heterocycles. The highest BCUT2D eigenvalue weighted by atomic mass is 16.5. The van der Waals surface area contributed by atoms with Crippen molar-refractivity contribution in [2.24, 2.45) is 11.7 Å². The van der Waals surface area contributed by atoms with Crippen LogP contribution in [0.5, 0.6) is 5.75 Å². The number of rotatable bonds is 6. The van der Waals surface area contributed by atoms with Crippen LogP contribution in [0.1, 0.15) is 25.8 Å². The van der Waals surface area contributed by atoms with Gasteiger partial charge in [0.05, 0.1) is 27.1 Å². The SMILES string of the molecule is COC(=O)[C@@H]1COCC=CCOc2ccc(cc2)C[C@H](BOCN)C(=O)N[C@@H](CC(C)C)C(=O)N1. The van der Waals surface area contributed by atoms with Gasteiger partial charge < -0.3 is 35.2 Å². The molecule has 0 aliphatic carbocycles. The van der Waals surface area contributed by atoms with Gasteiger partial charge in [-0.2, -0.15) is 0 Å². The van der Waals surface area contributed by atoms with Gasteiger partial charge in [-0.1, -0.05) is 32.1 Å². The first-order valence-electron chi connectivity index (χ1n) is 11.7. The summed E-state index contributed by atoms with van der Waals surface area (Å²) in [6.45, 7) is 4.34. The van der Waals surface area contributed by atoms with Gasteiger partial charge in [-0.05, 0) is 42.5 Å². The third kappa shape index (κ3) is 10.1. The first-order valence-corrected chi connectivity index (χ1v) is 11.7. The topological polar surface area (TPSA) is 138 Å². The first kappa shape index (κ1) is 28.4. The summed E-state index contributed by atoms with van der Waals surface area (Å²) in [4.78, 5) is 38.6. The predicted octanol–water partition coefficient (Wildman–Crippen LogP) is 0.456. The van der Waals surface area contributed by atoms with Crippen LogP contribution >= 0.6 is 0 Å². The molecule has 0 saturated heterocycles. The van der Waals surface area contributed by atoms with Crippen LogP contribution < -0.4 is 21.1 Å². The Bertz CT molecular complexity index is 848. The Kier molecular flexibility index (Phi) is 12.3. The van der Waals surface area contributed by atoms with Crippen molar-refractivity contribution in [1.29, 1.82) is 0 Å². The number of hydrogen-bond acceptors (Lipinski definition) is 8. The van der Waals surface area contributed by atoms with Gasteiger partial charge in [0.15, 0.2) is 6.04 Å². The smallest absolute Gasteiger partial charge is 0.330 e. The molecule has 4 N–H and O–H groups in total. The largest absolute Gasteiger partial charge is 0.490 e. The number of carbonyl (C=O) groups excluding carboxylic acids is 3. The summed E-state index contributed by atoms with van der Waals surface area (Å²) in [6, 6.07) is 5.58. The maximum atomic E-state index is 13.2. The van der Waals surface area contributed by atoms with Crippen molar-refractivity contribution in [3.63, 3.8) is 0 Å². The molecule has 0 unspecified atom stereocenters. The quantitative estimate of drug-likeness (QED) is 0.172. The van der Waals surface area contributed by atoms with Crippen LogP contribution in [0.25, 0.3) is 0 Å². The molecule has 10 nitrogen and oxygen atoms in total. The fourth-order valence-electron chi connectivity index (χ4n) is 3.55. The number of methoxy groups -OCH3 is 1. The lowest BCUT2D eigenvalue weighted by molar-refractivity contribution is -0.147. The third-order valence-electron chi connectivity index (χ3n) is 5.37. The lowest BCUT2D eigenvalue weighted by atomic mass is 9.75. The zero-order valence-corrected chi connectivity index (χ0v) is 20.7. The lowest BCUT2D eigenvalue weighted by Crippen LogP contribution is -2.54. The molecular weight excluding hydrogens is 453 g/mol. The van der Waals surface area contributed by atoms with E-state index in [0.29, 0.717) is 25.2 Å². The van der Waals surface area contributed by atoms with Gasteiger partial charge in [-0.3, -0.25) is 9.59 Å². The van der Waals surface area contributed by atoms with Gasteiger partial charge in [0.2, 0.25) is 11.8 Å². The van der Waals surface area contributed by atoms with Crippen molar-refractivity contribution in [2.75, 3.05) is 33.7 Å². The molecular formula is C24H36BN3O7. The number of amides is 2. The molecule has 35 heavy (non-hydrogen) atoms. The van der Waals surface area contributed by atoms with E-state index in [0.717, 1.165) is 5.56 Å². The molecule has 2 amide bonds. The highest BCUT2D eigenvalue weighted by molar-refractivity contribution is 6.37. The minimum absolute atomic E-state index is 0.0270. The highest BCUT2D eigenvalue weighted by Gasteiger charge is 2.30. The number of carbonyl (C=O) groups is 3. The molecule has 0 spiro atoms. The summed E-state index contributed by atoms with van der Waals surface area (Å²) in [5, 5.41) is 5.50. The molecule has 0 aromatic heterocycles. The van der Waals surface area contributed by atoms with Crippen molar-refractivity contribution >= 4 is 25.3 Å². The fraction of sp³-hybridized carbons (Fsp3) is 0.542. The van der Waals surface area contributed by atoms with Crippen LogP contribution in [0, 0.1) is 5.92 Å². The number of hydrogen-bond donors (Lipinski definition) is 3. The Morgan fingerprint density at radius 3 is 2.51 bits per heavy atom. The van der Waals surface area contributed by atoms with E-state index in [-0.39, 0.29) is 39.3 Å². The Hall–Kier alpha value is -2.89. The molecule has 1 aromatic rings. The number of esters is 1. The number of benzene rings is 1. The molecule has 11 heteroatoms. The molecule has 192 valence electrons. The molecule has 3 rings (SSSR count). The molecule has 1 aromatic carbocycles. The maximum Gasteiger partial charge on any atom is 0.330 e. The van der Waals surface area contributed by atoms with Gasteiger partial charge in [-0.25, -0.2) is 4.79 Å². The molecule has 0 radical (unpaired) electrons. The standard InChI is InChI=1S/C24H36BN3O7/c1-16(2)12-20-23(30)28-21(24(31)32-3)14-33-10-4-5-11-34-18-8-6-17(7-9-18)13-19(22(29)27-20)25-35-15-26/h4-9,16,19-21,25H,10-15,26H2,1-3H3,(H,27,29)(H,28,30)/t19-,20-,21-/m0/s1. The van der Waals surface area contributed by atoms with Gasteiger partial charge in [0.25, 0.3) is 7.48 Å². The molecule has 2 bridgehead atoms. The van der Waals surface area contributed by atoms with Gasteiger partial charge >= 0.3 is 5.97 Å². The van der Waals surface area contributed by atoms with Crippen LogP contribution in [-0.2, 0) is 34.9 Å². The molecule has 2 aliphatic rings. The van der Waals surface area contributed by atoms with E-state index in [4.69, 9.17) is 24.6 Å². The van der Waals surface area contributed by atoms with Crippen LogP contribution in [0.3, 0.4) is 0 Å². The summed E-state index contributed by atoms with van der Waals surface area (Å²) in [6.07, 6.45) is 4.34. The van der Waals surface area contributed by atoms with Crippen LogP contribution in [-0.4, -0.2) is 71.0 Å². The average Bonchev–Trinajstić information content (AvgIpc) is 2.84. The lowest BCUT2D eigenvalue weighted by Gasteiger charge is -2.25. The summed E-state index contributed by atoms with van der Waals surface area (Å²) >= 11 is 0. The first-order chi connectivity index (χ1) is 16.8. The Balaban J connectivity index is 2.30. The summed E-state index contributed by atoms with van der Waals surface area (Å²) < 4.78 is 21.4. The Labute approximate surface area is 207 Å². The average molecular weight is 489 g/mol. The van der Waals surface area contributed by atoms with Crippen molar-refractivity contribution in [3.8, 4) is 5.75 Å². The van der Waals surface area contributed by atoms with E-state index in [9.17, 15) is 14.4 Å². The fourth-order valence-corrected chi connectivity index (χ4v) is 3.55. The second kappa shape index (κ2) is 15.2.